The average Bonchev–Trinajstić information content (AvgIpc) is 2.90. The highest BCUT2D eigenvalue weighted by atomic mass is 16.4. The molecule has 110 valence electrons. The Kier molecular flexibility index (Phi) is 4.32. The molecule has 2 aromatic rings. The lowest BCUT2D eigenvalue weighted by atomic mass is 10.3. The number of rotatable bonds is 5. The maximum absolute atomic E-state index is 12.1. The number of amides is 1. The molecule has 0 aliphatic heterocycles. The Morgan fingerprint density at radius 1 is 1.29 bits per heavy atom. The molecule has 0 atom stereocenters. The van der Waals surface area contributed by atoms with Crippen LogP contribution < -0.4 is 0 Å². The highest BCUT2D eigenvalue weighted by molar-refractivity contribution is 5.92. The maximum Gasteiger partial charge on any atom is 0.323 e. The first-order valence-corrected chi connectivity index (χ1v) is 6.51. The van der Waals surface area contributed by atoms with Crippen molar-refractivity contribution in [2.24, 2.45) is 0 Å². The molecule has 0 spiro atoms. The van der Waals surface area contributed by atoms with Gasteiger partial charge in [-0.05, 0) is 12.1 Å². The van der Waals surface area contributed by atoms with Crippen LogP contribution in [0.25, 0.3) is 5.69 Å². The average molecular weight is 288 g/mol. The summed E-state index contributed by atoms with van der Waals surface area (Å²) < 4.78 is 1.60. The zero-order valence-electron chi connectivity index (χ0n) is 11.9. The number of carboxylic acids is 1. The molecule has 7 nitrogen and oxygen atoms in total. The number of hydrogen-bond donors (Lipinski definition) is 1. The Hall–Kier alpha value is -2.70. The van der Waals surface area contributed by atoms with Crippen LogP contribution in [0.4, 0.5) is 0 Å². The van der Waals surface area contributed by atoms with Crippen molar-refractivity contribution in [1.82, 2.24) is 19.7 Å². The molecule has 21 heavy (non-hydrogen) atoms. The Labute approximate surface area is 121 Å². The first-order valence-electron chi connectivity index (χ1n) is 6.51. The molecule has 1 amide bonds. The second-order valence-corrected chi connectivity index (χ2v) is 4.51. The van der Waals surface area contributed by atoms with Crippen LogP contribution in [0.1, 0.15) is 23.4 Å². The fourth-order valence-corrected chi connectivity index (χ4v) is 1.89. The number of aliphatic carboxylic acids is 1. The van der Waals surface area contributed by atoms with Gasteiger partial charge in [-0.15, -0.1) is 5.10 Å². The number of nitrogens with zero attached hydrogens (tertiary/aromatic N) is 4. The van der Waals surface area contributed by atoms with Crippen LogP contribution in [0, 0.1) is 0 Å². The number of aromatic nitrogens is 3. The summed E-state index contributed by atoms with van der Waals surface area (Å²) in [5.41, 5.74) is 0.807. The summed E-state index contributed by atoms with van der Waals surface area (Å²) in [5, 5.41) is 12.9. The van der Waals surface area contributed by atoms with E-state index in [1.807, 2.05) is 37.3 Å². The molecule has 0 aliphatic carbocycles. The number of carboxylic acid groups (broad SMARTS) is 1. The molecule has 0 unspecified atom stereocenters. The van der Waals surface area contributed by atoms with Crippen molar-refractivity contribution in [1.29, 1.82) is 0 Å². The third-order valence-corrected chi connectivity index (χ3v) is 2.90. The van der Waals surface area contributed by atoms with Gasteiger partial charge in [-0.25, -0.2) is 9.67 Å². The monoisotopic (exact) mass is 288 g/mol. The van der Waals surface area contributed by atoms with Crippen LogP contribution in [-0.2, 0) is 11.2 Å². The van der Waals surface area contributed by atoms with E-state index in [2.05, 4.69) is 10.1 Å². The molecule has 1 N–H and O–H groups in total. The van der Waals surface area contributed by atoms with Crippen LogP contribution in [0.2, 0.25) is 0 Å². The van der Waals surface area contributed by atoms with Gasteiger partial charge in [0.05, 0.1) is 5.69 Å². The number of benzene rings is 1. The second kappa shape index (κ2) is 6.17. The molecule has 1 aromatic carbocycles. The van der Waals surface area contributed by atoms with E-state index in [9.17, 15) is 9.59 Å². The molecule has 1 heterocycles. The quantitative estimate of drug-likeness (QED) is 0.886. The summed E-state index contributed by atoms with van der Waals surface area (Å²) in [4.78, 5) is 28.0. The van der Waals surface area contributed by atoms with E-state index in [0.29, 0.717) is 12.2 Å². The molecular formula is C14H16N4O3. The summed E-state index contributed by atoms with van der Waals surface area (Å²) in [6.07, 6.45) is 0.609. The number of likely N-dealkylation sites (N-methyl/N-ethyl adjacent to an activating group) is 1. The van der Waals surface area contributed by atoms with Gasteiger partial charge >= 0.3 is 5.97 Å². The van der Waals surface area contributed by atoms with E-state index in [-0.39, 0.29) is 12.4 Å². The third kappa shape index (κ3) is 3.25. The van der Waals surface area contributed by atoms with Gasteiger partial charge in [-0.1, -0.05) is 25.1 Å². The fraction of sp³-hybridized carbons (Fsp3) is 0.286. The van der Waals surface area contributed by atoms with Crippen molar-refractivity contribution >= 4 is 11.9 Å². The number of para-hydroxylation sites is 1. The summed E-state index contributed by atoms with van der Waals surface area (Å²) in [6.45, 7) is 1.53. The molecule has 0 aliphatic rings. The lowest BCUT2D eigenvalue weighted by molar-refractivity contribution is -0.137. The van der Waals surface area contributed by atoms with Crippen molar-refractivity contribution in [3.63, 3.8) is 0 Å². The van der Waals surface area contributed by atoms with Gasteiger partial charge in [0.2, 0.25) is 5.82 Å². The first kappa shape index (κ1) is 14.7. The zero-order chi connectivity index (χ0) is 15.4. The fourth-order valence-electron chi connectivity index (χ4n) is 1.89. The molecule has 0 bridgehead atoms. The number of hydrogen-bond acceptors (Lipinski definition) is 4. The molecule has 2 rings (SSSR count). The molecular weight excluding hydrogens is 272 g/mol. The van der Waals surface area contributed by atoms with Gasteiger partial charge in [-0.2, -0.15) is 0 Å². The third-order valence-electron chi connectivity index (χ3n) is 2.90. The van der Waals surface area contributed by atoms with Crippen molar-refractivity contribution in [2.75, 3.05) is 13.6 Å². The van der Waals surface area contributed by atoms with E-state index < -0.39 is 11.9 Å². The Balaban J connectivity index is 2.33. The SMILES string of the molecule is CCc1nc(C(=O)N(C)CC(=O)O)nn1-c1ccccc1. The van der Waals surface area contributed by atoms with E-state index >= 15 is 0 Å². The standard InChI is InChI=1S/C14H16N4O3/c1-3-11-15-13(14(21)17(2)9-12(19)20)16-18(11)10-7-5-4-6-8-10/h4-8H,3,9H2,1-2H3,(H,19,20). The largest absolute Gasteiger partial charge is 0.480 e. The number of aryl methyl sites for hydroxylation is 1. The van der Waals surface area contributed by atoms with Crippen LogP contribution in [0.3, 0.4) is 0 Å². The molecule has 0 saturated carbocycles. The smallest absolute Gasteiger partial charge is 0.323 e. The normalized spacial score (nSPS) is 10.4. The molecule has 7 heteroatoms. The van der Waals surface area contributed by atoms with Gasteiger partial charge in [0.15, 0.2) is 0 Å². The van der Waals surface area contributed by atoms with Gasteiger partial charge in [0.1, 0.15) is 12.4 Å². The highest BCUT2D eigenvalue weighted by Crippen LogP contribution is 2.11. The van der Waals surface area contributed by atoms with Crippen LogP contribution >= 0.6 is 0 Å². The Bertz CT molecular complexity index is 651. The van der Waals surface area contributed by atoms with Crippen molar-refractivity contribution in [2.45, 2.75) is 13.3 Å². The lowest BCUT2D eigenvalue weighted by Gasteiger charge is -2.11. The van der Waals surface area contributed by atoms with E-state index in [1.165, 1.54) is 7.05 Å². The van der Waals surface area contributed by atoms with E-state index in [4.69, 9.17) is 5.11 Å². The molecule has 0 fully saturated rings. The maximum atomic E-state index is 12.1. The minimum atomic E-state index is -1.08. The summed E-state index contributed by atoms with van der Waals surface area (Å²) in [6, 6.07) is 9.36. The van der Waals surface area contributed by atoms with E-state index in [1.54, 1.807) is 4.68 Å². The van der Waals surface area contributed by atoms with Gasteiger partial charge < -0.3 is 10.0 Å². The molecule has 0 radical (unpaired) electrons. The second-order valence-electron chi connectivity index (χ2n) is 4.51. The van der Waals surface area contributed by atoms with Crippen molar-refractivity contribution in [3.05, 3.63) is 42.0 Å². The predicted molar refractivity (Wildman–Crippen MR) is 75.3 cm³/mol. The van der Waals surface area contributed by atoms with E-state index in [0.717, 1.165) is 10.6 Å². The first-order chi connectivity index (χ1) is 10.0. The van der Waals surface area contributed by atoms with Crippen molar-refractivity contribution in [3.8, 4) is 5.69 Å². The van der Waals surface area contributed by atoms with Gasteiger partial charge in [0.25, 0.3) is 5.91 Å². The predicted octanol–water partition coefficient (Wildman–Crippen LogP) is 0.986. The summed E-state index contributed by atoms with van der Waals surface area (Å²) >= 11 is 0. The van der Waals surface area contributed by atoms with Crippen molar-refractivity contribution < 1.29 is 14.7 Å². The highest BCUT2D eigenvalue weighted by Gasteiger charge is 2.21. The topological polar surface area (TPSA) is 88.3 Å². The summed E-state index contributed by atoms with van der Waals surface area (Å²) in [5.74, 6) is -0.946. The Morgan fingerprint density at radius 2 is 1.95 bits per heavy atom. The number of carbonyl (C=O) groups excluding carboxylic acids is 1. The minimum Gasteiger partial charge on any atom is -0.480 e. The summed E-state index contributed by atoms with van der Waals surface area (Å²) in [7, 11) is 1.41. The van der Waals surface area contributed by atoms with Crippen LogP contribution in [-0.4, -0.2) is 50.2 Å². The Morgan fingerprint density at radius 3 is 2.52 bits per heavy atom. The number of carbonyl (C=O) groups is 2. The van der Waals surface area contributed by atoms with Gasteiger partial charge in [0, 0.05) is 13.5 Å². The molecule has 1 aromatic heterocycles. The minimum absolute atomic E-state index is 0.000506. The van der Waals surface area contributed by atoms with Gasteiger partial charge in [-0.3, -0.25) is 9.59 Å². The van der Waals surface area contributed by atoms with Crippen LogP contribution in [0.15, 0.2) is 30.3 Å². The lowest BCUT2D eigenvalue weighted by Crippen LogP contribution is -2.32. The molecule has 0 saturated heterocycles. The van der Waals surface area contributed by atoms with Crippen LogP contribution in [0.5, 0.6) is 0 Å². The zero-order valence-corrected chi connectivity index (χ0v) is 11.9.